The number of nitrogens with zero attached hydrogens (tertiary/aromatic N) is 3. The first-order valence-electron chi connectivity index (χ1n) is 10.3. The number of rotatable bonds is 7. The van der Waals surface area contributed by atoms with E-state index in [0.29, 0.717) is 22.7 Å². The number of fused-ring (bicyclic) bond motifs is 3. The Labute approximate surface area is 173 Å². The molecular weight excluding hydrogens is 388 g/mol. The molecule has 3 heterocycles. The molecule has 1 fully saturated rings. The van der Waals surface area contributed by atoms with Crippen molar-refractivity contribution in [3.05, 3.63) is 35.4 Å². The van der Waals surface area contributed by atoms with Crippen molar-refractivity contribution in [2.45, 2.75) is 32.7 Å². The molecule has 0 radical (unpaired) electrons. The number of pyridine rings is 1. The predicted octanol–water partition coefficient (Wildman–Crippen LogP) is 2.46. The molecule has 2 N–H and O–H groups in total. The normalized spacial score (nSPS) is 15.0. The molecule has 0 atom stereocenters. The van der Waals surface area contributed by atoms with Crippen molar-refractivity contribution < 1.29 is 24.1 Å². The van der Waals surface area contributed by atoms with Crippen LogP contribution in [-0.2, 0) is 17.7 Å². The summed E-state index contributed by atoms with van der Waals surface area (Å²) in [5.74, 6) is 2.02. The van der Waals surface area contributed by atoms with Crippen LogP contribution in [0.1, 0.15) is 25.6 Å². The molecule has 3 aromatic rings. The lowest BCUT2D eigenvalue weighted by molar-refractivity contribution is -0.575. The van der Waals surface area contributed by atoms with Crippen LogP contribution in [0.4, 0.5) is 4.79 Å². The molecule has 0 saturated carbocycles. The zero-order chi connectivity index (χ0) is 21.1. The van der Waals surface area contributed by atoms with E-state index >= 15 is 0 Å². The maximum Gasteiger partial charge on any atom is 0.404 e. The van der Waals surface area contributed by atoms with Gasteiger partial charge in [-0.1, -0.05) is 6.92 Å². The van der Waals surface area contributed by atoms with Crippen molar-refractivity contribution in [3.63, 3.8) is 0 Å². The molecule has 1 saturated heterocycles. The van der Waals surface area contributed by atoms with E-state index in [2.05, 4.69) is 16.8 Å². The van der Waals surface area contributed by atoms with Gasteiger partial charge in [0.2, 0.25) is 11.7 Å². The van der Waals surface area contributed by atoms with Crippen molar-refractivity contribution in [2.24, 2.45) is 5.92 Å². The van der Waals surface area contributed by atoms with Gasteiger partial charge in [-0.2, -0.15) is 4.73 Å². The van der Waals surface area contributed by atoms with Crippen molar-refractivity contribution in [1.82, 2.24) is 14.9 Å². The smallest absolute Gasteiger partial charge is 0.404 e. The Morgan fingerprint density at radius 1 is 1.43 bits per heavy atom. The molecule has 4 rings (SSSR count). The minimum atomic E-state index is -1.10. The molecule has 0 spiro atoms. The molecule has 1 aliphatic heterocycles. The van der Waals surface area contributed by atoms with E-state index in [-0.39, 0.29) is 13.2 Å². The minimum absolute atomic E-state index is 0.168. The molecular formula is C21H26N4O5. The first-order valence-corrected chi connectivity index (χ1v) is 10.3. The number of aryl methyl sites for hydroxylation is 1. The first-order chi connectivity index (χ1) is 14.6. The molecule has 1 aromatic carbocycles. The summed E-state index contributed by atoms with van der Waals surface area (Å²) in [5.41, 5.74) is 2.17. The fourth-order valence-electron chi connectivity index (χ4n) is 4.04. The first kappa shape index (κ1) is 20.2. The Balaban J connectivity index is 1.69. The van der Waals surface area contributed by atoms with E-state index in [9.17, 15) is 10.0 Å². The molecule has 0 unspecified atom stereocenters. The summed E-state index contributed by atoms with van der Waals surface area (Å²) in [6, 6.07) is 5.38. The second-order valence-electron chi connectivity index (χ2n) is 7.50. The molecule has 9 nitrogen and oxygen atoms in total. The summed E-state index contributed by atoms with van der Waals surface area (Å²) in [6.07, 6.45) is 3.26. The van der Waals surface area contributed by atoms with E-state index < -0.39 is 6.09 Å². The summed E-state index contributed by atoms with van der Waals surface area (Å²) >= 11 is 0. The van der Waals surface area contributed by atoms with E-state index in [1.54, 1.807) is 12.1 Å². The predicted molar refractivity (Wildman–Crippen MR) is 111 cm³/mol. The highest BCUT2D eigenvalue weighted by Gasteiger charge is 2.22. The number of amides is 1. The SMILES string of the molecule is CCc1nc2c[n+]([O-])c3cc(OCCNC(=O)O)ccc3c2n1CC1CCOCC1. The standard InChI is InChI=1S/C21H26N4O5/c1-2-19-23-17-13-25(28)18-11-15(30-10-7-22-21(26)27)3-4-16(18)20(17)24(19)12-14-5-8-29-9-6-14/h3-4,11,13-14,22H,2,5-10,12H2,1H3,(H,26,27). The zero-order valence-corrected chi connectivity index (χ0v) is 17.0. The highest BCUT2D eigenvalue weighted by atomic mass is 16.5. The number of hydrogen-bond donors (Lipinski definition) is 2. The summed E-state index contributed by atoms with van der Waals surface area (Å²) in [7, 11) is 0. The lowest BCUT2D eigenvalue weighted by Crippen LogP contribution is -2.27. The number of benzene rings is 1. The third-order valence-corrected chi connectivity index (χ3v) is 5.52. The summed E-state index contributed by atoms with van der Waals surface area (Å²) in [4.78, 5) is 15.3. The van der Waals surface area contributed by atoms with Crippen molar-refractivity contribution in [1.29, 1.82) is 0 Å². The number of hydrogen-bond acceptors (Lipinski definition) is 5. The fraction of sp³-hybridized carbons (Fsp3) is 0.476. The third kappa shape index (κ3) is 4.11. The lowest BCUT2D eigenvalue weighted by Gasteiger charge is -2.23. The van der Waals surface area contributed by atoms with Gasteiger partial charge in [0, 0.05) is 26.2 Å². The number of imidazole rings is 1. The quantitative estimate of drug-likeness (QED) is 0.349. The van der Waals surface area contributed by atoms with Gasteiger partial charge in [-0.05, 0) is 30.9 Å². The van der Waals surface area contributed by atoms with Gasteiger partial charge in [-0.15, -0.1) is 0 Å². The Kier molecular flexibility index (Phi) is 5.89. The lowest BCUT2D eigenvalue weighted by atomic mass is 10.00. The van der Waals surface area contributed by atoms with Gasteiger partial charge in [0.15, 0.2) is 5.52 Å². The highest BCUT2D eigenvalue weighted by Crippen LogP contribution is 2.29. The average molecular weight is 414 g/mol. The topological polar surface area (TPSA) is 113 Å². The number of nitrogens with one attached hydrogen (secondary N) is 1. The van der Waals surface area contributed by atoms with Crippen molar-refractivity contribution in [2.75, 3.05) is 26.4 Å². The molecule has 1 amide bonds. The van der Waals surface area contributed by atoms with Gasteiger partial charge in [-0.3, -0.25) is 0 Å². The maximum atomic E-state index is 12.7. The van der Waals surface area contributed by atoms with Gasteiger partial charge in [0.1, 0.15) is 18.2 Å². The third-order valence-electron chi connectivity index (χ3n) is 5.52. The number of carboxylic acid groups (broad SMARTS) is 1. The molecule has 30 heavy (non-hydrogen) atoms. The molecule has 0 aliphatic carbocycles. The van der Waals surface area contributed by atoms with Crippen molar-refractivity contribution in [3.8, 4) is 5.75 Å². The monoisotopic (exact) mass is 414 g/mol. The Hall–Kier alpha value is -3.07. The van der Waals surface area contributed by atoms with Crippen LogP contribution in [0.5, 0.6) is 5.75 Å². The van der Waals surface area contributed by atoms with E-state index in [0.717, 1.165) is 60.5 Å². The molecule has 9 heteroatoms. The Morgan fingerprint density at radius 3 is 2.97 bits per heavy atom. The van der Waals surface area contributed by atoms with Crippen LogP contribution in [0.2, 0.25) is 0 Å². The minimum Gasteiger partial charge on any atom is -0.618 e. The summed E-state index contributed by atoms with van der Waals surface area (Å²) in [5, 5.41) is 24.4. The van der Waals surface area contributed by atoms with Crippen LogP contribution in [0.15, 0.2) is 24.4 Å². The Bertz CT molecular complexity index is 1060. The molecule has 160 valence electrons. The summed E-state index contributed by atoms with van der Waals surface area (Å²) in [6.45, 7) is 4.86. The number of carbonyl (C=O) groups is 1. The van der Waals surface area contributed by atoms with Gasteiger partial charge in [0.05, 0.1) is 23.5 Å². The number of aromatic nitrogens is 3. The second-order valence-corrected chi connectivity index (χ2v) is 7.50. The van der Waals surface area contributed by atoms with Gasteiger partial charge in [-0.25, -0.2) is 9.78 Å². The summed E-state index contributed by atoms with van der Waals surface area (Å²) < 4.78 is 14.2. The van der Waals surface area contributed by atoms with Crippen LogP contribution < -0.4 is 14.8 Å². The Morgan fingerprint density at radius 2 is 2.23 bits per heavy atom. The van der Waals surface area contributed by atoms with Crippen molar-refractivity contribution >= 4 is 28.0 Å². The van der Waals surface area contributed by atoms with Crippen LogP contribution in [-0.4, -0.2) is 47.1 Å². The number of ether oxygens (including phenoxy) is 2. The van der Waals surface area contributed by atoms with Crippen LogP contribution in [0.3, 0.4) is 0 Å². The highest BCUT2D eigenvalue weighted by molar-refractivity contribution is 6.01. The van der Waals surface area contributed by atoms with Gasteiger partial charge in [0.25, 0.3) is 0 Å². The van der Waals surface area contributed by atoms with E-state index in [1.807, 2.05) is 6.07 Å². The average Bonchev–Trinajstić information content (AvgIpc) is 3.09. The zero-order valence-electron chi connectivity index (χ0n) is 17.0. The largest absolute Gasteiger partial charge is 0.618 e. The second kappa shape index (κ2) is 8.74. The van der Waals surface area contributed by atoms with E-state index in [4.69, 9.17) is 19.6 Å². The van der Waals surface area contributed by atoms with E-state index in [1.165, 1.54) is 6.20 Å². The molecule has 1 aliphatic rings. The molecule has 0 bridgehead atoms. The van der Waals surface area contributed by atoms with Gasteiger partial charge >= 0.3 is 6.09 Å². The van der Waals surface area contributed by atoms with Crippen LogP contribution in [0, 0.1) is 11.1 Å². The van der Waals surface area contributed by atoms with Crippen LogP contribution in [0.25, 0.3) is 21.9 Å². The fourth-order valence-corrected chi connectivity index (χ4v) is 4.04. The van der Waals surface area contributed by atoms with Crippen LogP contribution >= 0.6 is 0 Å². The maximum absolute atomic E-state index is 12.7. The van der Waals surface area contributed by atoms with Gasteiger partial charge < -0.3 is 29.7 Å². The molecule has 2 aromatic heterocycles.